The van der Waals surface area contributed by atoms with Gasteiger partial charge in [-0.25, -0.2) is 9.78 Å². The van der Waals surface area contributed by atoms with E-state index in [-0.39, 0.29) is 161 Å². The van der Waals surface area contributed by atoms with Crippen molar-refractivity contribution < 1.29 is 177 Å². The van der Waals surface area contributed by atoms with Crippen LogP contribution in [0.5, 0.6) is 0 Å². The number of aryl methyl sites for hydroxylation is 4. The molecule has 0 aliphatic rings. The molecule has 15 aromatic rings. The summed E-state index contributed by atoms with van der Waals surface area (Å²) < 4.78 is 76.6. The zero-order valence-electron chi connectivity index (χ0n) is 69.9. The van der Waals surface area contributed by atoms with Gasteiger partial charge < -0.3 is 50.1 Å². The topological polar surface area (TPSA) is 218 Å². The molecule has 0 bridgehead atoms. The van der Waals surface area contributed by atoms with Crippen molar-refractivity contribution in [2.45, 2.75) is 61.6 Å². The molecule has 27 heteroatoms. The van der Waals surface area contributed by atoms with E-state index in [1.54, 1.807) is 86.4 Å². The normalized spacial score (nSPS) is 9.95. The molecule has 3 N–H and O–H groups in total. The average Bonchev–Trinajstić information content (AvgIpc) is 0.774. The van der Waals surface area contributed by atoms with Gasteiger partial charge in [0.15, 0.2) is 11.6 Å². The Kier molecular flexibility index (Phi) is 54.3. The van der Waals surface area contributed by atoms with E-state index in [9.17, 15) is 40.7 Å². The molecule has 8 aromatic carbocycles. The van der Waals surface area contributed by atoms with Gasteiger partial charge in [0, 0.05) is 225 Å². The number of nitrogens with zero attached hydrogens (tertiary/aromatic N) is 9. The molecule has 7 heterocycles. The SMILES string of the molecule is CC(=O)C=C(C)O.CC(=O)C=C(C)O.CN(C)c1ccnc(-c2[c-]cc(F)cc2)c1.Cc1c[c-]c(-c2ccccn2)cc1.Cc1cc(-c2ccccn2)[c-]c(C(F)(F)F)c1.Cc1cc[c-]c(-c2ccccn2)c1.Cc1ccnc(-c2[c-]cc(F)cc2F)c1.O=C(O)c1ccccn1.[Ir].[Ir].[Ir].[Ir].[Ir].[Ir].[c-]1ccccc1-c1ncc(-c2ccccc2)nc1-c1ccccc1. The maximum absolute atomic E-state index is 13.4. The molecule has 0 fully saturated rings. The van der Waals surface area contributed by atoms with Gasteiger partial charge in [0.05, 0.1) is 22.9 Å². The van der Waals surface area contributed by atoms with E-state index in [1.807, 2.05) is 184 Å². The van der Waals surface area contributed by atoms with E-state index >= 15 is 0 Å². The number of aliphatic hydroxyl groups is 2. The number of aliphatic hydroxyl groups excluding tert-OH is 2. The monoisotopic (exact) mass is 2780 g/mol. The number of carboxylic acid groups (broad SMARTS) is 1. The molecule has 7 aromatic heterocycles. The number of hydrogen-bond donors (Lipinski definition) is 3. The third kappa shape index (κ3) is 41.9. The standard InChI is InChI=1S/C22H15N2.C13H9F3N.C13H12FN2.C12H8F2N.2C12H10N.C6H5NO2.2C5H8O2.6Ir/c1-4-10-17(11-5-1)20-16-23-21(18-12-6-2-7-13-18)22(24-20)19-14-8-3-9-15-19;1-9-6-10(12-4-2-3-5-17-12)8-11(7-9)13(14,15)16;1-16(2)12-7-8-15-13(9-12)10-3-5-11(14)6-4-10;1-8-4-5-15-12(6-8)10-3-2-9(13)7-11(10)14;1-10-5-4-6-11(9-10)12-7-2-3-8-13-12;1-10-5-7-11(8-6-10)12-4-2-3-9-13-12;8-6(9)5-3-1-2-4-7-5;2*1-4(6)3-5(2)7;;;;;;/h1-12,14-16H;2-7H,1H3;3,5-9H,1-2H3;2,4-7H,1H3;2-5,7-9H,1H3;2-7,9H,1H3;1-4H,(H,8,9);2*3,6H,1-2H3;;;;;;/q6*-1;;;;;;;;;. The summed E-state index contributed by atoms with van der Waals surface area (Å²) in [4.78, 5) is 66.1. The van der Waals surface area contributed by atoms with Crippen molar-refractivity contribution in [3.8, 4) is 90.1 Å². The summed E-state index contributed by atoms with van der Waals surface area (Å²) in [6, 6.07) is 95.7. The van der Waals surface area contributed by atoms with Crippen LogP contribution in [-0.2, 0) is 136 Å². The van der Waals surface area contributed by atoms with E-state index in [1.165, 1.54) is 75.4 Å². The van der Waals surface area contributed by atoms with Gasteiger partial charge in [0.1, 0.15) is 5.69 Å². The Labute approximate surface area is 818 Å². The predicted octanol–water partition coefficient (Wildman–Crippen LogP) is 23.6. The molecule has 0 saturated carbocycles. The number of benzene rings is 8. The first kappa shape index (κ1) is 114. The first-order chi connectivity index (χ1) is 58.0. The van der Waals surface area contributed by atoms with Crippen molar-refractivity contribution in [3.05, 3.63) is 415 Å². The van der Waals surface area contributed by atoms with Crippen LogP contribution in [0.2, 0.25) is 0 Å². The molecule has 6 radical (unpaired) electrons. The summed E-state index contributed by atoms with van der Waals surface area (Å²) >= 11 is 0. The molecular formula is C100H85F6Ir6N9O6-6. The number of allylic oxidation sites excluding steroid dienone is 4. The van der Waals surface area contributed by atoms with Crippen molar-refractivity contribution in [1.82, 2.24) is 39.9 Å². The Bertz CT molecular complexity index is 5770. The van der Waals surface area contributed by atoms with Crippen LogP contribution in [0.15, 0.2) is 328 Å². The van der Waals surface area contributed by atoms with Gasteiger partial charge in [0.2, 0.25) is 0 Å². The van der Waals surface area contributed by atoms with Crippen LogP contribution >= 0.6 is 0 Å². The third-order valence-electron chi connectivity index (χ3n) is 16.0. The average molecular weight is 2780 g/mol. The quantitative estimate of drug-likeness (QED) is 0.0448. The number of alkyl halides is 3. The molecule has 0 saturated heterocycles. The molecule has 0 unspecified atom stereocenters. The molecular weight excluding hydrogens is 2690 g/mol. The number of carbonyl (C=O) groups excluding carboxylic acids is 2. The van der Waals surface area contributed by atoms with Gasteiger partial charge in [-0.05, 0) is 117 Å². The number of halogens is 6. The summed E-state index contributed by atoms with van der Waals surface area (Å²) in [6.07, 6.45) is 9.69. The van der Waals surface area contributed by atoms with Gasteiger partial charge in [-0.1, -0.05) is 153 Å². The zero-order valence-corrected chi connectivity index (χ0v) is 84.3. The number of pyridine rings is 6. The Hall–Kier alpha value is -11.1. The van der Waals surface area contributed by atoms with Crippen LogP contribution in [0, 0.1) is 81.5 Å². The molecule has 15 nitrogen and oxygen atoms in total. The summed E-state index contributed by atoms with van der Waals surface area (Å²) in [5, 5.41) is 25.0. The zero-order chi connectivity index (χ0) is 87.6. The second-order valence-corrected chi connectivity index (χ2v) is 26.4. The van der Waals surface area contributed by atoms with Crippen LogP contribution < -0.4 is 4.90 Å². The maximum Gasteiger partial charge on any atom is 0.399 e. The van der Waals surface area contributed by atoms with E-state index in [0.29, 0.717) is 22.5 Å². The summed E-state index contributed by atoms with van der Waals surface area (Å²) in [7, 11) is 3.93. The van der Waals surface area contributed by atoms with E-state index in [0.717, 1.165) is 97.0 Å². The van der Waals surface area contributed by atoms with Gasteiger partial charge in [0.25, 0.3) is 0 Å². The Morgan fingerprint density at radius 2 is 0.866 bits per heavy atom. The fourth-order valence-electron chi connectivity index (χ4n) is 10.4. The maximum atomic E-state index is 13.4. The number of aromatic carboxylic acids is 1. The second kappa shape index (κ2) is 60.6. The second-order valence-electron chi connectivity index (χ2n) is 26.4. The summed E-state index contributed by atoms with van der Waals surface area (Å²) in [5.74, 6) is -2.68. The number of rotatable bonds is 12. The van der Waals surface area contributed by atoms with Gasteiger partial charge in [-0.3, -0.25) is 27.7 Å². The molecule has 0 aliphatic heterocycles. The fraction of sp³-hybridized carbons (Fsp3) is 0.110. The summed E-state index contributed by atoms with van der Waals surface area (Å²) in [5.41, 5.74) is 17.1. The molecule has 0 amide bonds. The van der Waals surface area contributed by atoms with Gasteiger partial charge >= 0.3 is 12.1 Å². The number of carboxylic acids is 1. The Morgan fingerprint density at radius 1 is 0.378 bits per heavy atom. The van der Waals surface area contributed by atoms with Crippen LogP contribution in [0.1, 0.15) is 66.0 Å². The molecule has 0 aliphatic carbocycles. The first-order valence-corrected chi connectivity index (χ1v) is 37.3. The molecule has 127 heavy (non-hydrogen) atoms. The van der Waals surface area contributed by atoms with Gasteiger partial charge in [-0.2, -0.15) is 13.2 Å². The van der Waals surface area contributed by atoms with E-state index < -0.39 is 29.3 Å². The largest absolute Gasteiger partial charge is 0.512 e. The Balaban J connectivity index is 0.000000726. The molecule has 0 atom stereocenters. The van der Waals surface area contributed by atoms with Gasteiger partial charge in [-0.15, -0.1) is 178 Å². The number of anilines is 1. The van der Waals surface area contributed by atoms with Crippen LogP contribution in [-0.4, -0.2) is 86.8 Å². The van der Waals surface area contributed by atoms with E-state index in [2.05, 4.69) is 104 Å². The van der Waals surface area contributed by atoms with Crippen molar-refractivity contribution >= 4 is 23.2 Å². The van der Waals surface area contributed by atoms with E-state index in [4.69, 9.17) is 25.3 Å². The number of carbonyl (C=O) groups is 3. The summed E-state index contributed by atoms with van der Waals surface area (Å²) in [6.45, 7) is 13.3. The molecule has 668 valence electrons. The minimum Gasteiger partial charge on any atom is -0.512 e. The van der Waals surface area contributed by atoms with Crippen LogP contribution in [0.4, 0.5) is 32.0 Å². The van der Waals surface area contributed by atoms with Crippen molar-refractivity contribution in [1.29, 1.82) is 0 Å². The number of aromatic nitrogens is 8. The van der Waals surface area contributed by atoms with Crippen molar-refractivity contribution in [3.63, 3.8) is 0 Å². The number of ketones is 2. The third-order valence-corrected chi connectivity index (χ3v) is 16.0. The van der Waals surface area contributed by atoms with Crippen molar-refractivity contribution in [2.24, 2.45) is 0 Å². The first-order valence-electron chi connectivity index (χ1n) is 37.3. The Morgan fingerprint density at radius 3 is 1.33 bits per heavy atom. The van der Waals surface area contributed by atoms with Crippen LogP contribution in [0.25, 0.3) is 90.1 Å². The molecule has 0 spiro atoms. The minimum absolute atomic E-state index is 0. The predicted molar refractivity (Wildman–Crippen MR) is 463 cm³/mol. The fourth-order valence-corrected chi connectivity index (χ4v) is 10.4. The molecule has 15 rings (SSSR count). The number of hydrogen-bond acceptors (Lipinski definition) is 14. The smallest absolute Gasteiger partial charge is 0.399 e. The minimum atomic E-state index is -4.38. The van der Waals surface area contributed by atoms with Crippen molar-refractivity contribution in [2.75, 3.05) is 19.0 Å². The van der Waals surface area contributed by atoms with Crippen LogP contribution in [0.3, 0.4) is 0 Å².